The van der Waals surface area contributed by atoms with Crippen molar-refractivity contribution in [3.8, 4) is 11.5 Å². The molecule has 0 aliphatic rings. The third-order valence-corrected chi connectivity index (χ3v) is 4.94. The molecule has 0 fully saturated rings. The monoisotopic (exact) mass is 386 g/mol. The van der Waals surface area contributed by atoms with Crippen LogP contribution >= 0.6 is 23.4 Å². The first kappa shape index (κ1) is 16.7. The Labute approximate surface area is 156 Å². The second-order valence-corrected chi connectivity index (χ2v) is 6.84. The molecule has 4 rings (SSSR count). The summed E-state index contributed by atoms with van der Waals surface area (Å²) in [4.78, 5) is 20.9. The van der Waals surface area contributed by atoms with E-state index in [0.717, 1.165) is 17.1 Å². The minimum absolute atomic E-state index is 0.0656. The van der Waals surface area contributed by atoms with Crippen LogP contribution in [0.15, 0.2) is 52.2 Å². The molecule has 2 aromatic heterocycles. The maximum absolute atomic E-state index is 12.2. The molecule has 0 bridgehead atoms. The van der Waals surface area contributed by atoms with Crippen LogP contribution in [0.3, 0.4) is 0 Å². The van der Waals surface area contributed by atoms with Gasteiger partial charge in [0.15, 0.2) is 22.9 Å². The minimum atomic E-state index is -0.338. The van der Waals surface area contributed by atoms with Crippen molar-refractivity contribution in [2.24, 2.45) is 0 Å². The van der Waals surface area contributed by atoms with E-state index in [1.165, 1.54) is 18.2 Å². The maximum Gasteiger partial charge on any atom is 0.257 e. The van der Waals surface area contributed by atoms with Gasteiger partial charge in [-0.15, -0.1) is 0 Å². The van der Waals surface area contributed by atoms with Gasteiger partial charge < -0.3 is 14.6 Å². The van der Waals surface area contributed by atoms with Gasteiger partial charge in [-0.1, -0.05) is 23.4 Å². The average molecular weight is 387 g/mol. The fraction of sp³-hybridized carbons (Fsp3) is 0.0556. The number of ketones is 1. The molecule has 0 saturated heterocycles. The number of nitrogens with zero attached hydrogens (tertiary/aromatic N) is 2. The number of aromatic nitrogens is 2. The fourth-order valence-electron chi connectivity index (χ4n) is 2.52. The minimum Gasteiger partial charge on any atom is -0.504 e. The summed E-state index contributed by atoms with van der Waals surface area (Å²) in [6.07, 6.45) is 1.65. The molecule has 2 N–H and O–H groups in total. The summed E-state index contributed by atoms with van der Waals surface area (Å²) in [7, 11) is 0. The predicted molar refractivity (Wildman–Crippen MR) is 99.1 cm³/mol. The Morgan fingerprint density at radius 3 is 2.85 bits per heavy atom. The number of aromatic hydroxyl groups is 2. The van der Waals surface area contributed by atoms with Gasteiger partial charge in [0.05, 0.1) is 10.8 Å². The van der Waals surface area contributed by atoms with Crippen LogP contribution in [0.4, 0.5) is 0 Å². The number of carbonyl (C=O) groups is 1. The predicted octanol–water partition coefficient (Wildman–Crippen LogP) is 4.42. The van der Waals surface area contributed by atoms with Gasteiger partial charge in [-0.05, 0) is 36.4 Å². The topological polar surface area (TPSA) is 96.5 Å². The summed E-state index contributed by atoms with van der Waals surface area (Å²) in [5.74, 6) is -0.774. The van der Waals surface area contributed by atoms with Crippen molar-refractivity contribution >= 4 is 51.1 Å². The highest BCUT2D eigenvalue weighted by Gasteiger charge is 2.16. The second kappa shape index (κ2) is 6.51. The number of phenolic OH excluding ortho intramolecular Hbond substituents is 2. The highest BCUT2D eigenvalue weighted by molar-refractivity contribution is 7.99. The number of Topliss-reactive ketones (excluding diaryl/α,β-unsaturated/α-hetero) is 1. The molecule has 4 aromatic rings. The van der Waals surface area contributed by atoms with Gasteiger partial charge in [0, 0.05) is 17.1 Å². The van der Waals surface area contributed by atoms with Crippen LogP contribution in [0.25, 0.3) is 22.0 Å². The fourth-order valence-corrected chi connectivity index (χ4v) is 3.51. The summed E-state index contributed by atoms with van der Waals surface area (Å²) < 4.78 is 5.75. The average Bonchev–Trinajstić information content (AvgIpc) is 3.05. The van der Waals surface area contributed by atoms with Crippen molar-refractivity contribution in [1.82, 2.24) is 9.97 Å². The molecule has 2 heterocycles. The van der Waals surface area contributed by atoms with E-state index in [4.69, 9.17) is 16.0 Å². The normalized spacial score (nSPS) is 11.3. The van der Waals surface area contributed by atoms with E-state index in [1.807, 2.05) is 6.07 Å². The molecule has 0 saturated carbocycles. The Hall–Kier alpha value is -2.77. The molecular formula is C18H11ClN2O4S. The van der Waals surface area contributed by atoms with Gasteiger partial charge in [0.25, 0.3) is 5.22 Å². The zero-order valence-electron chi connectivity index (χ0n) is 13.1. The van der Waals surface area contributed by atoms with E-state index in [1.54, 1.807) is 18.3 Å². The first-order valence-corrected chi connectivity index (χ1v) is 8.91. The molecule has 0 radical (unpaired) electrons. The Morgan fingerprint density at radius 1 is 1.19 bits per heavy atom. The Balaban J connectivity index is 1.60. The van der Waals surface area contributed by atoms with Gasteiger partial charge >= 0.3 is 0 Å². The zero-order chi connectivity index (χ0) is 18.3. The van der Waals surface area contributed by atoms with Crippen LogP contribution < -0.4 is 0 Å². The lowest BCUT2D eigenvalue weighted by atomic mass is 10.1. The molecule has 0 spiro atoms. The Bertz CT molecular complexity index is 1160. The van der Waals surface area contributed by atoms with Crippen molar-refractivity contribution in [2.75, 3.05) is 5.75 Å². The van der Waals surface area contributed by atoms with E-state index >= 15 is 0 Å². The summed E-state index contributed by atoms with van der Waals surface area (Å²) in [5.41, 5.74) is 1.99. The highest BCUT2D eigenvalue weighted by Crippen LogP contribution is 2.33. The number of hydrogen-bond donors (Lipinski definition) is 2. The van der Waals surface area contributed by atoms with E-state index in [-0.39, 0.29) is 23.0 Å². The molecule has 2 aromatic carbocycles. The number of oxazole rings is 1. The Morgan fingerprint density at radius 2 is 2.04 bits per heavy atom. The summed E-state index contributed by atoms with van der Waals surface area (Å²) in [6.45, 7) is 0. The van der Waals surface area contributed by atoms with Crippen LogP contribution in [-0.4, -0.2) is 31.7 Å². The third kappa shape index (κ3) is 2.95. The second-order valence-electron chi connectivity index (χ2n) is 5.50. The van der Waals surface area contributed by atoms with Crippen molar-refractivity contribution in [3.63, 3.8) is 0 Å². The van der Waals surface area contributed by atoms with Crippen molar-refractivity contribution < 1.29 is 19.4 Å². The Kier molecular flexibility index (Phi) is 4.18. The summed E-state index contributed by atoms with van der Waals surface area (Å²) in [6, 6.07) is 9.28. The van der Waals surface area contributed by atoms with Crippen molar-refractivity contribution in [2.45, 2.75) is 5.22 Å². The van der Waals surface area contributed by atoms with E-state index in [0.29, 0.717) is 32.4 Å². The molecule has 0 unspecified atom stereocenters. The van der Waals surface area contributed by atoms with E-state index < -0.39 is 0 Å². The molecule has 0 aliphatic heterocycles. The first-order chi connectivity index (χ1) is 12.5. The van der Waals surface area contributed by atoms with Crippen LogP contribution in [0, 0.1) is 0 Å². The van der Waals surface area contributed by atoms with Gasteiger partial charge in [0.1, 0.15) is 11.0 Å². The summed E-state index contributed by atoms with van der Waals surface area (Å²) in [5, 5.41) is 20.4. The standard InChI is InChI=1S/C18H11ClN2O4S/c19-11-7-12-17(16-10(11)2-1-5-20-16)25-18(21-12)26-8-15(24)9-3-4-13(22)14(23)6-9/h1-7,22-23H,8H2. The van der Waals surface area contributed by atoms with E-state index in [2.05, 4.69) is 9.97 Å². The van der Waals surface area contributed by atoms with Crippen LogP contribution in [0.5, 0.6) is 11.5 Å². The van der Waals surface area contributed by atoms with Gasteiger partial charge in [-0.25, -0.2) is 4.98 Å². The number of benzene rings is 2. The lowest BCUT2D eigenvalue weighted by molar-refractivity contribution is 0.102. The molecule has 0 atom stereocenters. The van der Waals surface area contributed by atoms with Gasteiger partial charge in [0.2, 0.25) is 0 Å². The molecule has 6 nitrogen and oxygen atoms in total. The zero-order valence-corrected chi connectivity index (χ0v) is 14.7. The number of fused-ring (bicyclic) bond motifs is 3. The molecule has 0 amide bonds. The smallest absolute Gasteiger partial charge is 0.257 e. The number of halogens is 1. The number of rotatable bonds is 4. The van der Waals surface area contributed by atoms with Gasteiger partial charge in [-0.3, -0.25) is 9.78 Å². The number of pyridine rings is 1. The number of thioether (sulfide) groups is 1. The third-order valence-electron chi connectivity index (χ3n) is 3.80. The quantitative estimate of drug-likeness (QED) is 0.304. The molecule has 26 heavy (non-hydrogen) atoms. The first-order valence-electron chi connectivity index (χ1n) is 7.54. The lowest BCUT2D eigenvalue weighted by Crippen LogP contribution is -2.01. The molecular weight excluding hydrogens is 376 g/mol. The number of carbonyl (C=O) groups excluding carboxylic acids is 1. The van der Waals surface area contributed by atoms with Gasteiger partial charge in [-0.2, -0.15) is 0 Å². The SMILES string of the molecule is O=C(CSc1nc2cc(Cl)c3cccnc3c2o1)c1ccc(O)c(O)c1. The maximum atomic E-state index is 12.2. The summed E-state index contributed by atoms with van der Waals surface area (Å²) >= 11 is 7.38. The molecule has 0 aliphatic carbocycles. The molecule has 8 heteroatoms. The van der Waals surface area contributed by atoms with Crippen molar-refractivity contribution in [1.29, 1.82) is 0 Å². The van der Waals surface area contributed by atoms with Crippen molar-refractivity contribution in [3.05, 3.63) is 53.2 Å². The van der Waals surface area contributed by atoms with Crippen LogP contribution in [0.1, 0.15) is 10.4 Å². The largest absolute Gasteiger partial charge is 0.504 e. The van der Waals surface area contributed by atoms with Crippen LogP contribution in [0.2, 0.25) is 5.02 Å². The molecule has 130 valence electrons. The number of phenols is 2. The lowest BCUT2D eigenvalue weighted by Gasteiger charge is -2.01. The van der Waals surface area contributed by atoms with E-state index in [9.17, 15) is 15.0 Å². The number of hydrogen-bond acceptors (Lipinski definition) is 7. The van der Waals surface area contributed by atoms with Crippen LogP contribution in [-0.2, 0) is 0 Å². The highest BCUT2D eigenvalue weighted by atomic mass is 35.5.